The summed E-state index contributed by atoms with van der Waals surface area (Å²) in [6.07, 6.45) is 0. The molecule has 0 fully saturated rings. The first kappa shape index (κ1) is 29.2. The number of nitrogens with zero attached hydrogens (tertiary/aromatic N) is 1. The van der Waals surface area contributed by atoms with Gasteiger partial charge in [-0.25, -0.2) is 0 Å². The normalized spacial score (nSPS) is 13.0. The van der Waals surface area contributed by atoms with Gasteiger partial charge in [-0.1, -0.05) is 113 Å². The van der Waals surface area contributed by atoms with Crippen molar-refractivity contribution in [2.75, 3.05) is 31.4 Å². The lowest BCUT2D eigenvalue weighted by molar-refractivity contribution is 0.0234. The third-order valence-electron chi connectivity index (χ3n) is 5.94. The summed E-state index contributed by atoms with van der Waals surface area (Å²) in [7, 11) is 3.17. The topological polar surface area (TPSA) is 21.7 Å². The highest BCUT2D eigenvalue weighted by atomic mass is 33.1. The molecule has 0 aliphatic rings. The van der Waals surface area contributed by atoms with Gasteiger partial charge in [0.15, 0.2) is 0 Å². The van der Waals surface area contributed by atoms with Crippen molar-refractivity contribution in [3.05, 3.63) is 108 Å². The van der Waals surface area contributed by atoms with Gasteiger partial charge in [0.1, 0.15) is 13.9 Å². The lowest BCUT2D eigenvalue weighted by Gasteiger charge is -2.36. The second kappa shape index (κ2) is 15.2. The Bertz CT molecular complexity index is 885. The molecule has 3 rings (SSSR count). The smallest absolute Gasteiger partial charge is 0.143 e. The highest BCUT2D eigenvalue weighted by Gasteiger charge is 2.37. The van der Waals surface area contributed by atoms with Gasteiger partial charge in [0.25, 0.3) is 0 Å². The molecule has 0 aliphatic carbocycles. The van der Waals surface area contributed by atoms with E-state index in [1.54, 1.807) is 0 Å². The lowest BCUT2D eigenvalue weighted by atomic mass is 9.80. The van der Waals surface area contributed by atoms with E-state index in [4.69, 9.17) is 9.26 Å². The molecule has 0 heterocycles. The molecular weight excluding hydrogens is 501 g/mol. The highest BCUT2D eigenvalue weighted by molar-refractivity contribution is 8.76. The quantitative estimate of drug-likeness (QED) is 0.0831. The Morgan fingerprint density at radius 1 is 0.667 bits per heavy atom. The van der Waals surface area contributed by atoms with E-state index in [2.05, 4.69) is 130 Å². The second-order valence-corrected chi connectivity index (χ2v) is 13.5. The standard InChI is InChI=1S/C30H40NO2PS2/c1-25(2)31(26(3)4)34(5)33-22-24-36-35-23-21-32-30(27-15-9-6-10-16-27,28-17-11-7-12-18-28)29-19-13-8-14-20-29/h6-20,25-26H,21-24H2,1-5H3. The van der Waals surface area contributed by atoms with Crippen LogP contribution in [0.5, 0.6) is 0 Å². The van der Waals surface area contributed by atoms with Crippen molar-refractivity contribution in [2.45, 2.75) is 45.4 Å². The van der Waals surface area contributed by atoms with Gasteiger partial charge < -0.3 is 9.26 Å². The minimum Gasteiger partial charge on any atom is -0.360 e. The van der Waals surface area contributed by atoms with E-state index in [1.807, 2.05) is 21.6 Å². The van der Waals surface area contributed by atoms with Crippen LogP contribution in [0.1, 0.15) is 44.4 Å². The fourth-order valence-corrected chi connectivity index (χ4v) is 8.20. The molecule has 1 unspecified atom stereocenters. The molecule has 3 aromatic carbocycles. The van der Waals surface area contributed by atoms with E-state index in [9.17, 15) is 0 Å². The van der Waals surface area contributed by atoms with Crippen LogP contribution in [0.25, 0.3) is 0 Å². The van der Waals surface area contributed by atoms with E-state index in [0.29, 0.717) is 18.7 Å². The molecule has 0 radical (unpaired) electrons. The zero-order valence-corrected chi connectivity index (χ0v) is 24.7. The first-order chi connectivity index (χ1) is 17.5. The summed E-state index contributed by atoms with van der Waals surface area (Å²) in [4.78, 5) is 0. The highest BCUT2D eigenvalue weighted by Crippen LogP contribution is 2.42. The van der Waals surface area contributed by atoms with E-state index in [1.165, 1.54) is 0 Å². The summed E-state index contributed by atoms with van der Waals surface area (Å²) in [5.74, 6) is 1.88. The summed E-state index contributed by atoms with van der Waals surface area (Å²) in [5.41, 5.74) is 2.78. The zero-order valence-electron chi connectivity index (χ0n) is 22.2. The number of ether oxygens (including phenoxy) is 1. The summed E-state index contributed by atoms with van der Waals surface area (Å²) in [6.45, 7) is 12.6. The van der Waals surface area contributed by atoms with E-state index >= 15 is 0 Å². The van der Waals surface area contributed by atoms with Crippen LogP contribution in [-0.2, 0) is 14.9 Å². The van der Waals surface area contributed by atoms with Crippen molar-refractivity contribution in [3.8, 4) is 0 Å². The molecule has 6 heteroatoms. The molecule has 0 bridgehead atoms. The Morgan fingerprint density at radius 2 is 1.06 bits per heavy atom. The maximum Gasteiger partial charge on any atom is 0.143 e. The predicted molar refractivity (Wildman–Crippen MR) is 161 cm³/mol. The average molecular weight is 542 g/mol. The summed E-state index contributed by atoms with van der Waals surface area (Å²) >= 11 is 0. The molecule has 1 atom stereocenters. The Kier molecular flexibility index (Phi) is 12.3. The number of benzene rings is 3. The Hall–Kier alpha value is -1.33. The van der Waals surface area contributed by atoms with Gasteiger partial charge in [-0.3, -0.25) is 4.67 Å². The SMILES string of the molecule is CC(C)N(C(C)C)P(C)OCCSSCCOC(c1ccccc1)(c1ccccc1)c1ccccc1. The fourth-order valence-electron chi connectivity index (χ4n) is 4.63. The lowest BCUT2D eigenvalue weighted by Crippen LogP contribution is -2.33. The van der Waals surface area contributed by atoms with Crippen molar-refractivity contribution in [2.24, 2.45) is 0 Å². The first-order valence-corrected chi connectivity index (χ1v) is 16.8. The van der Waals surface area contributed by atoms with Crippen LogP contribution in [0, 0.1) is 0 Å². The molecular formula is C30H40NO2PS2. The summed E-state index contributed by atoms with van der Waals surface area (Å²) in [5, 5.41) is 0. The number of rotatable bonds is 15. The van der Waals surface area contributed by atoms with Crippen molar-refractivity contribution in [1.29, 1.82) is 0 Å². The largest absolute Gasteiger partial charge is 0.360 e. The number of hydrogen-bond donors (Lipinski definition) is 0. The van der Waals surface area contributed by atoms with Gasteiger partial charge in [0, 0.05) is 23.6 Å². The van der Waals surface area contributed by atoms with E-state index < -0.39 is 13.9 Å². The van der Waals surface area contributed by atoms with Crippen LogP contribution < -0.4 is 0 Å². The molecule has 0 spiro atoms. The van der Waals surface area contributed by atoms with Crippen LogP contribution in [0.15, 0.2) is 91.0 Å². The minimum absolute atomic E-state index is 0.499. The molecule has 3 nitrogen and oxygen atoms in total. The average Bonchev–Trinajstić information content (AvgIpc) is 2.89. The molecule has 0 amide bonds. The molecule has 0 N–H and O–H groups in total. The second-order valence-electron chi connectivity index (χ2n) is 9.14. The molecule has 194 valence electrons. The predicted octanol–water partition coefficient (Wildman–Crippen LogP) is 8.45. The third kappa shape index (κ3) is 7.84. The maximum absolute atomic E-state index is 6.85. The van der Waals surface area contributed by atoms with Gasteiger partial charge in [-0.2, -0.15) is 0 Å². The monoisotopic (exact) mass is 541 g/mol. The number of hydrogen-bond acceptors (Lipinski definition) is 5. The Labute approximate surface area is 227 Å². The van der Waals surface area contributed by atoms with Crippen LogP contribution in [0.3, 0.4) is 0 Å². The first-order valence-electron chi connectivity index (χ1n) is 12.7. The van der Waals surface area contributed by atoms with Crippen LogP contribution >= 0.6 is 29.9 Å². The Balaban J connectivity index is 1.60. The van der Waals surface area contributed by atoms with Crippen molar-refractivity contribution in [3.63, 3.8) is 0 Å². The van der Waals surface area contributed by atoms with Gasteiger partial charge in [-0.15, -0.1) is 0 Å². The van der Waals surface area contributed by atoms with Gasteiger partial charge in [-0.05, 0) is 51.1 Å². The molecule has 36 heavy (non-hydrogen) atoms. The molecule has 0 aliphatic heterocycles. The maximum atomic E-state index is 6.85. The van der Waals surface area contributed by atoms with E-state index in [0.717, 1.165) is 34.8 Å². The zero-order chi connectivity index (χ0) is 25.8. The van der Waals surface area contributed by atoms with Gasteiger partial charge in [0.05, 0.1) is 13.2 Å². The van der Waals surface area contributed by atoms with Crippen LogP contribution in [0.4, 0.5) is 0 Å². The molecule has 0 saturated heterocycles. The summed E-state index contributed by atoms with van der Waals surface area (Å²) < 4.78 is 15.5. The fraction of sp³-hybridized carbons (Fsp3) is 0.400. The molecule has 0 saturated carbocycles. The van der Waals surface area contributed by atoms with Crippen molar-refractivity contribution < 1.29 is 9.26 Å². The molecule has 0 aromatic heterocycles. The van der Waals surface area contributed by atoms with Gasteiger partial charge in [0.2, 0.25) is 0 Å². The van der Waals surface area contributed by atoms with E-state index in [-0.39, 0.29) is 0 Å². The summed E-state index contributed by atoms with van der Waals surface area (Å²) in [6, 6.07) is 32.7. The van der Waals surface area contributed by atoms with Crippen molar-refractivity contribution in [1.82, 2.24) is 4.67 Å². The third-order valence-corrected chi connectivity index (χ3v) is 10.4. The van der Waals surface area contributed by atoms with Crippen molar-refractivity contribution >= 4 is 29.9 Å². The minimum atomic E-state index is -0.646. The molecule has 3 aromatic rings. The van der Waals surface area contributed by atoms with Crippen LogP contribution in [0.2, 0.25) is 0 Å². The van der Waals surface area contributed by atoms with Crippen LogP contribution in [-0.4, -0.2) is 48.1 Å². The van der Waals surface area contributed by atoms with Gasteiger partial charge >= 0.3 is 0 Å². The Morgan fingerprint density at radius 3 is 1.44 bits per heavy atom.